The summed E-state index contributed by atoms with van der Waals surface area (Å²) in [6.45, 7) is 7.83. The van der Waals surface area contributed by atoms with Crippen LogP contribution < -0.4 is 4.74 Å². The third kappa shape index (κ3) is 3.03. The molecule has 1 atom stereocenters. The molecule has 0 saturated carbocycles. The lowest BCUT2D eigenvalue weighted by Crippen LogP contribution is -2.40. The molecule has 5 heteroatoms. The molecule has 1 aliphatic heterocycles. The fraction of sp³-hybridized carbons (Fsp3) is 0.474. The van der Waals surface area contributed by atoms with Crippen molar-refractivity contribution in [2.24, 2.45) is 13.0 Å². The van der Waals surface area contributed by atoms with Crippen LogP contribution in [0.15, 0.2) is 24.3 Å². The van der Waals surface area contributed by atoms with Crippen molar-refractivity contribution in [1.29, 1.82) is 0 Å². The van der Waals surface area contributed by atoms with Crippen LogP contribution in [0.25, 0.3) is 0 Å². The van der Waals surface area contributed by atoms with Crippen LogP contribution in [0.5, 0.6) is 5.75 Å². The summed E-state index contributed by atoms with van der Waals surface area (Å²) in [4.78, 5) is 14.9. The molecule has 0 N–H and O–H groups in total. The van der Waals surface area contributed by atoms with E-state index in [4.69, 9.17) is 4.74 Å². The van der Waals surface area contributed by atoms with E-state index in [1.54, 1.807) is 0 Å². The van der Waals surface area contributed by atoms with Gasteiger partial charge in [-0.2, -0.15) is 5.10 Å². The van der Waals surface area contributed by atoms with Crippen LogP contribution in [-0.2, 0) is 24.8 Å². The first kappa shape index (κ1) is 16.6. The Kier molecular flexibility index (Phi) is 4.60. The Morgan fingerprint density at radius 1 is 1.38 bits per heavy atom. The Morgan fingerprint density at radius 3 is 2.79 bits per heavy atom. The minimum Gasteiger partial charge on any atom is -0.492 e. The molecular weight excluding hydrogens is 302 g/mol. The molecule has 0 radical (unpaired) electrons. The fourth-order valence-electron chi connectivity index (χ4n) is 3.33. The van der Waals surface area contributed by atoms with E-state index in [1.165, 1.54) is 0 Å². The zero-order valence-corrected chi connectivity index (χ0v) is 14.9. The lowest BCUT2D eigenvalue weighted by molar-refractivity contribution is -0.137. The number of hydrogen-bond donors (Lipinski definition) is 0. The van der Waals surface area contributed by atoms with E-state index in [9.17, 15) is 4.79 Å². The normalized spacial score (nSPS) is 16.4. The van der Waals surface area contributed by atoms with Crippen LogP contribution in [0.2, 0.25) is 0 Å². The standard InChI is InChI=1S/C19H25N3O2/c1-5-22(11-17-13(2)20-21(4)14(17)3)19(23)16-10-15-8-6-7-9-18(15)24-12-16/h6-9,16H,5,10-12H2,1-4H3/t16-/m1/s1. The molecule has 0 aliphatic carbocycles. The monoisotopic (exact) mass is 327 g/mol. The highest BCUT2D eigenvalue weighted by molar-refractivity contribution is 5.79. The maximum Gasteiger partial charge on any atom is 0.229 e. The molecule has 2 heterocycles. The van der Waals surface area contributed by atoms with Gasteiger partial charge in [0.1, 0.15) is 12.4 Å². The van der Waals surface area contributed by atoms with Crippen molar-refractivity contribution in [1.82, 2.24) is 14.7 Å². The van der Waals surface area contributed by atoms with E-state index in [1.807, 2.05) is 61.7 Å². The second-order valence-corrected chi connectivity index (χ2v) is 6.45. The number of carbonyl (C=O) groups excluding carboxylic acids is 1. The molecule has 1 aliphatic rings. The molecule has 0 fully saturated rings. The highest BCUT2D eigenvalue weighted by atomic mass is 16.5. The fourth-order valence-corrected chi connectivity index (χ4v) is 3.33. The van der Waals surface area contributed by atoms with Crippen LogP contribution >= 0.6 is 0 Å². The minimum absolute atomic E-state index is 0.114. The summed E-state index contributed by atoms with van der Waals surface area (Å²) in [5, 5.41) is 4.45. The number of aromatic nitrogens is 2. The van der Waals surface area contributed by atoms with Gasteiger partial charge in [-0.05, 0) is 38.8 Å². The number of hydrogen-bond acceptors (Lipinski definition) is 3. The van der Waals surface area contributed by atoms with E-state index in [-0.39, 0.29) is 11.8 Å². The lowest BCUT2D eigenvalue weighted by atomic mass is 9.95. The van der Waals surface area contributed by atoms with Crippen molar-refractivity contribution >= 4 is 5.91 Å². The zero-order chi connectivity index (χ0) is 17.3. The molecule has 0 spiro atoms. The molecule has 0 unspecified atom stereocenters. The van der Waals surface area contributed by atoms with Gasteiger partial charge in [0.05, 0.1) is 11.6 Å². The van der Waals surface area contributed by atoms with Gasteiger partial charge in [-0.1, -0.05) is 18.2 Å². The van der Waals surface area contributed by atoms with Crippen molar-refractivity contribution in [2.75, 3.05) is 13.2 Å². The van der Waals surface area contributed by atoms with Crippen LogP contribution in [0, 0.1) is 19.8 Å². The van der Waals surface area contributed by atoms with Gasteiger partial charge in [0.15, 0.2) is 0 Å². The van der Waals surface area contributed by atoms with Crippen LogP contribution in [-0.4, -0.2) is 33.7 Å². The van der Waals surface area contributed by atoms with Gasteiger partial charge in [0.25, 0.3) is 0 Å². The average Bonchev–Trinajstić information content (AvgIpc) is 2.84. The summed E-state index contributed by atoms with van der Waals surface area (Å²) in [6.07, 6.45) is 0.747. The first-order chi connectivity index (χ1) is 11.5. The Bertz CT molecular complexity index is 751. The largest absolute Gasteiger partial charge is 0.492 e. The topological polar surface area (TPSA) is 47.4 Å². The van der Waals surface area contributed by atoms with Gasteiger partial charge in [0.2, 0.25) is 5.91 Å². The average molecular weight is 327 g/mol. The number of amides is 1. The van der Waals surface area contributed by atoms with E-state index < -0.39 is 0 Å². The second kappa shape index (κ2) is 6.67. The maximum atomic E-state index is 13.0. The number of nitrogens with zero attached hydrogens (tertiary/aromatic N) is 3. The SMILES string of the molecule is CCN(Cc1c(C)nn(C)c1C)C(=O)[C@H]1COc2ccccc2C1. The summed E-state index contributed by atoms with van der Waals surface area (Å²) in [5.41, 5.74) is 4.37. The number of benzene rings is 1. The molecule has 1 aromatic carbocycles. The third-order valence-electron chi connectivity index (χ3n) is 4.93. The minimum atomic E-state index is -0.114. The molecule has 0 bridgehead atoms. The molecule has 3 rings (SSSR count). The predicted octanol–water partition coefficient (Wildman–Crippen LogP) is 2.64. The summed E-state index contributed by atoms with van der Waals surface area (Å²) in [7, 11) is 1.94. The van der Waals surface area contributed by atoms with Crippen molar-refractivity contribution < 1.29 is 9.53 Å². The summed E-state index contributed by atoms with van der Waals surface area (Å²) in [6, 6.07) is 7.97. The summed E-state index contributed by atoms with van der Waals surface area (Å²) >= 11 is 0. The Labute approximate surface area is 143 Å². The highest BCUT2D eigenvalue weighted by Crippen LogP contribution is 2.28. The molecule has 0 saturated heterocycles. The lowest BCUT2D eigenvalue weighted by Gasteiger charge is -2.30. The first-order valence-electron chi connectivity index (χ1n) is 8.49. The van der Waals surface area contributed by atoms with E-state index >= 15 is 0 Å². The van der Waals surface area contributed by atoms with E-state index in [0.717, 1.165) is 34.7 Å². The number of para-hydroxylation sites is 1. The van der Waals surface area contributed by atoms with Gasteiger partial charge in [0, 0.05) is 31.4 Å². The number of aryl methyl sites for hydroxylation is 2. The van der Waals surface area contributed by atoms with Gasteiger partial charge < -0.3 is 9.64 Å². The highest BCUT2D eigenvalue weighted by Gasteiger charge is 2.29. The first-order valence-corrected chi connectivity index (χ1v) is 8.49. The summed E-state index contributed by atoms with van der Waals surface area (Å²) < 4.78 is 7.67. The summed E-state index contributed by atoms with van der Waals surface area (Å²) in [5.74, 6) is 0.954. The van der Waals surface area contributed by atoms with Crippen LogP contribution in [0.1, 0.15) is 29.4 Å². The van der Waals surface area contributed by atoms with Gasteiger partial charge in [-0.25, -0.2) is 0 Å². The quantitative estimate of drug-likeness (QED) is 0.867. The number of carbonyl (C=O) groups is 1. The Morgan fingerprint density at radius 2 is 2.12 bits per heavy atom. The molecule has 1 aromatic heterocycles. The molecule has 128 valence electrons. The van der Waals surface area contributed by atoms with E-state index in [0.29, 0.717) is 19.7 Å². The number of fused-ring (bicyclic) bond motifs is 1. The molecule has 24 heavy (non-hydrogen) atoms. The zero-order valence-electron chi connectivity index (χ0n) is 14.9. The molecule has 2 aromatic rings. The van der Waals surface area contributed by atoms with Crippen LogP contribution in [0.4, 0.5) is 0 Å². The van der Waals surface area contributed by atoms with Gasteiger partial charge in [-0.15, -0.1) is 0 Å². The third-order valence-corrected chi connectivity index (χ3v) is 4.93. The maximum absolute atomic E-state index is 13.0. The van der Waals surface area contributed by atoms with Crippen molar-refractivity contribution in [3.05, 3.63) is 46.8 Å². The Balaban J connectivity index is 1.75. The molecule has 1 amide bonds. The second-order valence-electron chi connectivity index (χ2n) is 6.45. The molecular formula is C19H25N3O2. The van der Waals surface area contributed by atoms with Crippen molar-refractivity contribution in [3.8, 4) is 5.75 Å². The van der Waals surface area contributed by atoms with Gasteiger partial charge >= 0.3 is 0 Å². The smallest absolute Gasteiger partial charge is 0.229 e. The van der Waals surface area contributed by atoms with Crippen LogP contribution in [0.3, 0.4) is 0 Å². The van der Waals surface area contributed by atoms with Crippen molar-refractivity contribution in [3.63, 3.8) is 0 Å². The molecule has 5 nitrogen and oxygen atoms in total. The van der Waals surface area contributed by atoms with Crippen molar-refractivity contribution in [2.45, 2.75) is 33.7 Å². The predicted molar refractivity (Wildman–Crippen MR) is 92.9 cm³/mol. The number of rotatable bonds is 4. The Hall–Kier alpha value is -2.30. The van der Waals surface area contributed by atoms with E-state index in [2.05, 4.69) is 5.10 Å². The van der Waals surface area contributed by atoms with Gasteiger partial charge in [-0.3, -0.25) is 9.48 Å². The number of ether oxygens (including phenoxy) is 1.